The molecule has 0 saturated heterocycles. The molecule has 1 amide bonds. The molecule has 0 atom stereocenters. The molecule has 1 N–H and O–H groups in total. The number of nitrogens with one attached hydrogen (secondary N) is 1. The molecular weight excluding hydrogens is 370 g/mol. The van der Waals surface area contributed by atoms with E-state index in [2.05, 4.69) is 20.6 Å². The van der Waals surface area contributed by atoms with Crippen molar-refractivity contribution in [2.45, 2.75) is 0 Å². The van der Waals surface area contributed by atoms with E-state index in [4.69, 9.17) is 21.1 Å². The van der Waals surface area contributed by atoms with E-state index in [0.29, 0.717) is 22.2 Å². The number of halogens is 1. The number of hydrogen-bond acceptors (Lipinski definition) is 6. The Hall–Kier alpha value is -3.39. The van der Waals surface area contributed by atoms with Gasteiger partial charge < -0.3 is 14.8 Å². The summed E-state index contributed by atoms with van der Waals surface area (Å²) >= 11 is 5.90. The van der Waals surface area contributed by atoms with Gasteiger partial charge >= 0.3 is 0 Å². The Morgan fingerprint density at radius 2 is 2.04 bits per heavy atom. The molecule has 2 aromatic carbocycles. The smallest absolute Gasteiger partial charge is 0.262 e. The summed E-state index contributed by atoms with van der Waals surface area (Å²) in [5, 5.41) is 14.8. The number of hydrogen-bond donors (Lipinski definition) is 1. The predicted molar refractivity (Wildman–Crippen MR) is 102 cm³/mol. The molecule has 0 radical (unpaired) electrons. The van der Waals surface area contributed by atoms with Crippen LogP contribution in [0.2, 0.25) is 5.02 Å². The predicted octanol–water partition coefficient (Wildman–Crippen LogP) is 2.84. The highest BCUT2D eigenvalue weighted by Crippen LogP contribution is 2.27. The maximum atomic E-state index is 12.0. The summed E-state index contributed by atoms with van der Waals surface area (Å²) in [7, 11) is 1.52. The van der Waals surface area contributed by atoms with Crippen LogP contribution in [0, 0.1) is 0 Å². The number of carbonyl (C=O) groups excluding carboxylic acids is 1. The van der Waals surface area contributed by atoms with E-state index >= 15 is 0 Å². The van der Waals surface area contributed by atoms with Gasteiger partial charge in [0.15, 0.2) is 18.1 Å². The fourth-order valence-electron chi connectivity index (χ4n) is 2.18. The molecule has 0 saturated carbocycles. The molecule has 1 heterocycles. The van der Waals surface area contributed by atoms with Crippen LogP contribution in [0.25, 0.3) is 0 Å². The molecule has 0 fully saturated rings. The average molecular weight is 386 g/mol. The highest BCUT2D eigenvalue weighted by atomic mass is 35.5. The first-order chi connectivity index (χ1) is 13.1. The number of carbonyl (C=O) groups is 1. The molecule has 0 aliphatic rings. The van der Waals surface area contributed by atoms with Gasteiger partial charge in [-0.1, -0.05) is 17.7 Å². The van der Waals surface area contributed by atoms with Crippen LogP contribution in [0.3, 0.4) is 0 Å². The third-order valence-electron chi connectivity index (χ3n) is 3.40. The van der Waals surface area contributed by atoms with E-state index in [9.17, 15) is 4.79 Å². The number of rotatable bonds is 7. The van der Waals surface area contributed by atoms with Crippen LogP contribution in [-0.2, 0) is 4.79 Å². The van der Waals surface area contributed by atoms with Gasteiger partial charge in [-0.3, -0.25) is 4.79 Å². The molecule has 9 heteroatoms. The van der Waals surface area contributed by atoms with Crippen molar-refractivity contribution < 1.29 is 14.3 Å². The molecule has 0 aliphatic heterocycles. The van der Waals surface area contributed by atoms with Gasteiger partial charge in [-0.15, -0.1) is 10.2 Å². The lowest BCUT2D eigenvalue weighted by Gasteiger charge is -2.11. The van der Waals surface area contributed by atoms with Crippen LogP contribution in [0.5, 0.6) is 11.5 Å². The third kappa shape index (κ3) is 5.29. The number of benzene rings is 2. The molecule has 0 spiro atoms. The maximum absolute atomic E-state index is 12.0. The van der Waals surface area contributed by atoms with E-state index < -0.39 is 0 Å². The standard InChI is InChI=1S/C18H16ClN5O3/c1-26-17-7-13(9-22-24-11-20-21-12-24)5-6-16(17)27-10-18(25)23-15-4-2-3-14(19)8-15/h2-9,11-12H,10H2,1H3,(H,23,25)/b22-9+. The first-order valence-electron chi connectivity index (χ1n) is 7.89. The minimum atomic E-state index is -0.308. The molecule has 1 aromatic heterocycles. The highest BCUT2D eigenvalue weighted by Gasteiger charge is 2.09. The van der Waals surface area contributed by atoms with E-state index in [-0.39, 0.29) is 12.5 Å². The summed E-state index contributed by atoms with van der Waals surface area (Å²) < 4.78 is 12.3. The van der Waals surface area contributed by atoms with Crippen LogP contribution in [-0.4, -0.2) is 40.7 Å². The Morgan fingerprint density at radius 3 is 2.78 bits per heavy atom. The van der Waals surface area contributed by atoms with Crippen molar-refractivity contribution in [3.63, 3.8) is 0 Å². The number of aromatic nitrogens is 3. The van der Waals surface area contributed by atoms with Gasteiger partial charge in [0.2, 0.25) is 0 Å². The Labute approximate surface area is 160 Å². The van der Waals surface area contributed by atoms with E-state index in [1.54, 1.807) is 48.7 Å². The largest absolute Gasteiger partial charge is 0.493 e. The maximum Gasteiger partial charge on any atom is 0.262 e. The lowest BCUT2D eigenvalue weighted by molar-refractivity contribution is -0.118. The highest BCUT2D eigenvalue weighted by molar-refractivity contribution is 6.30. The summed E-state index contributed by atoms with van der Waals surface area (Å²) in [6.45, 7) is -0.170. The van der Waals surface area contributed by atoms with Crippen LogP contribution < -0.4 is 14.8 Å². The summed E-state index contributed by atoms with van der Waals surface area (Å²) in [6, 6.07) is 12.1. The van der Waals surface area contributed by atoms with Crippen molar-refractivity contribution in [1.29, 1.82) is 0 Å². The van der Waals surface area contributed by atoms with Crippen molar-refractivity contribution in [3.05, 3.63) is 65.7 Å². The number of ether oxygens (including phenoxy) is 2. The molecule has 0 aliphatic carbocycles. The molecule has 138 valence electrons. The van der Waals surface area contributed by atoms with Crippen LogP contribution in [0.15, 0.2) is 60.2 Å². The van der Waals surface area contributed by atoms with Crippen molar-refractivity contribution in [3.8, 4) is 11.5 Å². The van der Waals surface area contributed by atoms with E-state index in [1.807, 2.05) is 0 Å². The Morgan fingerprint density at radius 1 is 1.22 bits per heavy atom. The van der Waals surface area contributed by atoms with Gasteiger partial charge in [0.25, 0.3) is 5.91 Å². The Balaban J connectivity index is 1.61. The summed E-state index contributed by atoms with van der Waals surface area (Å²) in [5.74, 6) is 0.621. The van der Waals surface area contributed by atoms with E-state index in [0.717, 1.165) is 5.56 Å². The van der Waals surface area contributed by atoms with Crippen molar-refractivity contribution >= 4 is 29.4 Å². The third-order valence-corrected chi connectivity index (χ3v) is 3.64. The molecule has 3 rings (SSSR count). The number of anilines is 1. The lowest BCUT2D eigenvalue weighted by atomic mass is 10.2. The van der Waals surface area contributed by atoms with Gasteiger partial charge in [0.05, 0.1) is 13.3 Å². The quantitative estimate of drug-likeness (QED) is 0.631. The Kier molecular flexibility index (Phi) is 6.01. The summed E-state index contributed by atoms with van der Waals surface area (Å²) in [6.07, 6.45) is 4.58. The molecule has 3 aromatic rings. The first-order valence-corrected chi connectivity index (χ1v) is 8.27. The van der Waals surface area contributed by atoms with Gasteiger partial charge in [-0.2, -0.15) is 5.10 Å². The van der Waals surface area contributed by atoms with Crippen molar-refractivity contribution in [2.24, 2.45) is 5.10 Å². The monoisotopic (exact) mass is 385 g/mol. The van der Waals surface area contributed by atoms with Gasteiger partial charge in [0, 0.05) is 10.7 Å². The molecule has 8 nitrogen and oxygen atoms in total. The van der Waals surface area contributed by atoms with Gasteiger partial charge in [-0.05, 0) is 42.0 Å². The Bertz CT molecular complexity index is 944. The van der Waals surface area contributed by atoms with Gasteiger partial charge in [0.1, 0.15) is 12.7 Å². The number of amides is 1. The fourth-order valence-corrected chi connectivity index (χ4v) is 2.37. The summed E-state index contributed by atoms with van der Waals surface area (Å²) in [5.41, 5.74) is 1.39. The molecule has 27 heavy (non-hydrogen) atoms. The first kappa shape index (κ1) is 18.4. The second-order valence-corrected chi connectivity index (χ2v) is 5.78. The lowest BCUT2D eigenvalue weighted by Crippen LogP contribution is -2.20. The second-order valence-electron chi connectivity index (χ2n) is 5.34. The van der Waals surface area contributed by atoms with Crippen LogP contribution in [0.4, 0.5) is 5.69 Å². The zero-order chi connectivity index (χ0) is 19.1. The number of methoxy groups -OCH3 is 1. The average Bonchev–Trinajstić information content (AvgIpc) is 3.18. The fraction of sp³-hybridized carbons (Fsp3) is 0.111. The second kappa shape index (κ2) is 8.81. The zero-order valence-electron chi connectivity index (χ0n) is 14.4. The van der Waals surface area contributed by atoms with Crippen LogP contribution in [0.1, 0.15) is 5.56 Å². The molecule has 0 bridgehead atoms. The minimum absolute atomic E-state index is 0.170. The number of nitrogens with zero attached hydrogens (tertiary/aromatic N) is 4. The van der Waals surface area contributed by atoms with E-state index in [1.165, 1.54) is 24.4 Å². The van der Waals surface area contributed by atoms with Crippen molar-refractivity contribution in [1.82, 2.24) is 14.9 Å². The van der Waals surface area contributed by atoms with Crippen LogP contribution >= 0.6 is 11.6 Å². The normalized spacial score (nSPS) is 10.7. The SMILES string of the molecule is COc1cc(/C=N/n2cnnc2)ccc1OCC(=O)Nc1cccc(Cl)c1. The topological polar surface area (TPSA) is 90.6 Å². The van der Waals surface area contributed by atoms with Gasteiger partial charge in [-0.25, -0.2) is 4.68 Å². The zero-order valence-corrected chi connectivity index (χ0v) is 15.1. The van der Waals surface area contributed by atoms with Crippen molar-refractivity contribution in [2.75, 3.05) is 19.0 Å². The summed E-state index contributed by atoms with van der Waals surface area (Å²) in [4.78, 5) is 12.0. The molecule has 0 unspecified atom stereocenters. The molecular formula is C18H16ClN5O3. The minimum Gasteiger partial charge on any atom is -0.493 e.